The largest absolute Gasteiger partial charge is 0.432 e. The van der Waals surface area contributed by atoms with Crippen molar-refractivity contribution >= 4 is 42.9 Å². The van der Waals surface area contributed by atoms with E-state index in [9.17, 15) is 17.2 Å². The van der Waals surface area contributed by atoms with Crippen molar-refractivity contribution < 1.29 is 21.9 Å². The van der Waals surface area contributed by atoms with Gasteiger partial charge in [-0.15, -0.1) is 0 Å². The highest BCUT2D eigenvalue weighted by Gasteiger charge is 2.19. The molecule has 9 heteroatoms. The first-order valence-electron chi connectivity index (χ1n) is 3.60. The Morgan fingerprint density at radius 2 is 1.62 bits per heavy atom. The van der Waals surface area contributed by atoms with Gasteiger partial charge in [-0.1, -0.05) is 23.2 Å². The van der Waals surface area contributed by atoms with Crippen molar-refractivity contribution in [1.29, 1.82) is 0 Å². The molecular formula is C7H3Cl3F2O3S. The van der Waals surface area contributed by atoms with E-state index in [1.54, 1.807) is 0 Å². The Labute approximate surface area is 104 Å². The quantitative estimate of drug-likeness (QED) is 0.802. The van der Waals surface area contributed by atoms with Gasteiger partial charge >= 0.3 is 6.61 Å². The summed E-state index contributed by atoms with van der Waals surface area (Å²) >= 11 is 11.0. The van der Waals surface area contributed by atoms with Crippen molar-refractivity contribution in [2.45, 2.75) is 11.5 Å². The van der Waals surface area contributed by atoms with Gasteiger partial charge in [-0.3, -0.25) is 0 Å². The molecule has 0 aliphatic rings. The van der Waals surface area contributed by atoms with Crippen LogP contribution in [-0.4, -0.2) is 15.0 Å². The van der Waals surface area contributed by atoms with Gasteiger partial charge in [0.15, 0.2) is 5.75 Å². The van der Waals surface area contributed by atoms with E-state index in [-0.39, 0.29) is 10.0 Å². The number of rotatable bonds is 3. The molecule has 0 fully saturated rings. The lowest BCUT2D eigenvalue weighted by Gasteiger charge is -2.09. The molecule has 0 aliphatic carbocycles. The Morgan fingerprint density at radius 1 is 1.19 bits per heavy atom. The predicted octanol–water partition coefficient (Wildman–Crippen LogP) is 3.52. The van der Waals surface area contributed by atoms with Crippen LogP contribution in [0.4, 0.5) is 8.78 Å². The van der Waals surface area contributed by atoms with Crippen LogP contribution in [0, 0.1) is 0 Å². The first kappa shape index (κ1) is 13.8. The fraction of sp³-hybridized carbons (Fsp3) is 0.143. The van der Waals surface area contributed by atoms with Gasteiger partial charge in [-0.2, -0.15) is 8.78 Å². The third kappa shape index (κ3) is 3.35. The Bertz CT molecular complexity index is 481. The van der Waals surface area contributed by atoms with Crippen molar-refractivity contribution in [3.8, 4) is 5.75 Å². The van der Waals surface area contributed by atoms with E-state index in [0.717, 1.165) is 12.1 Å². The van der Waals surface area contributed by atoms with E-state index in [1.807, 2.05) is 0 Å². The molecule has 0 N–H and O–H groups in total. The fourth-order valence-corrected chi connectivity index (χ4v) is 2.37. The van der Waals surface area contributed by atoms with Crippen molar-refractivity contribution in [3.63, 3.8) is 0 Å². The van der Waals surface area contributed by atoms with Crippen LogP contribution in [0.1, 0.15) is 0 Å². The summed E-state index contributed by atoms with van der Waals surface area (Å²) in [6.45, 7) is -3.12. The van der Waals surface area contributed by atoms with Crippen LogP contribution < -0.4 is 4.74 Å². The molecule has 0 aromatic heterocycles. The molecule has 1 aromatic carbocycles. The molecule has 0 atom stereocenters. The number of benzene rings is 1. The van der Waals surface area contributed by atoms with Crippen LogP contribution in [-0.2, 0) is 9.05 Å². The molecule has 0 amide bonds. The van der Waals surface area contributed by atoms with Crippen LogP contribution >= 0.6 is 33.9 Å². The third-order valence-electron chi connectivity index (χ3n) is 1.46. The Morgan fingerprint density at radius 3 is 1.94 bits per heavy atom. The van der Waals surface area contributed by atoms with Gasteiger partial charge in [0.05, 0.1) is 14.9 Å². The van der Waals surface area contributed by atoms with Crippen LogP contribution in [0.15, 0.2) is 17.0 Å². The zero-order valence-corrected chi connectivity index (χ0v) is 10.3. The molecule has 0 bridgehead atoms. The normalized spacial score (nSPS) is 11.9. The van der Waals surface area contributed by atoms with Gasteiger partial charge in [0.25, 0.3) is 9.05 Å². The second-order valence-corrected chi connectivity index (χ2v) is 5.91. The molecular weight excluding hydrogens is 308 g/mol. The number of hydrogen-bond acceptors (Lipinski definition) is 3. The molecule has 1 rings (SSSR count). The van der Waals surface area contributed by atoms with Gasteiger partial charge in [0.1, 0.15) is 0 Å². The fourth-order valence-electron chi connectivity index (χ4n) is 0.879. The SMILES string of the molecule is O=S(=O)(Cl)c1cc(Cl)c(OC(F)F)c(Cl)c1. The van der Waals surface area contributed by atoms with Crippen molar-refractivity contribution in [3.05, 3.63) is 22.2 Å². The highest BCUT2D eigenvalue weighted by molar-refractivity contribution is 8.13. The van der Waals surface area contributed by atoms with Gasteiger partial charge in [-0.05, 0) is 12.1 Å². The maximum atomic E-state index is 11.9. The smallest absolute Gasteiger partial charge is 0.387 e. The van der Waals surface area contributed by atoms with E-state index in [0.29, 0.717) is 0 Å². The topological polar surface area (TPSA) is 43.4 Å². The van der Waals surface area contributed by atoms with Crippen molar-refractivity contribution in [1.82, 2.24) is 0 Å². The summed E-state index contributed by atoms with van der Waals surface area (Å²) < 4.78 is 49.7. The van der Waals surface area contributed by atoms with Crippen LogP contribution in [0.25, 0.3) is 0 Å². The summed E-state index contributed by atoms with van der Waals surface area (Å²) in [6.07, 6.45) is 0. The lowest BCUT2D eigenvalue weighted by atomic mass is 10.3. The van der Waals surface area contributed by atoms with Crippen LogP contribution in [0.2, 0.25) is 10.0 Å². The molecule has 1 aromatic rings. The van der Waals surface area contributed by atoms with Crippen LogP contribution in [0.3, 0.4) is 0 Å². The molecule has 0 unspecified atom stereocenters. The minimum atomic E-state index is -4.03. The second kappa shape index (κ2) is 4.91. The van der Waals surface area contributed by atoms with E-state index < -0.39 is 26.3 Å². The standard InChI is InChI=1S/C7H3Cl3F2O3S/c8-4-1-3(16(10,13)14)2-5(9)6(4)15-7(11)12/h1-2,7H. The molecule has 90 valence electrons. The summed E-state index contributed by atoms with van der Waals surface area (Å²) in [5, 5.41) is -0.737. The number of hydrogen-bond donors (Lipinski definition) is 0. The average molecular weight is 312 g/mol. The zero-order valence-electron chi connectivity index (χ0n) is 7.25. The molecule has 3 nitrogen and oxygen atoms in total. The monoisotopic (exact) mass is 310 g/mol. The zero-order chi connectivity index (χ0) is 12.5. The minimum Gasteiger partial charge on any atom is -0.432 e. The maximum absolute atomic E-state index is 11.9. The molecule has 16 heavy (non-hydrogen) atoms. The third-order valence-corrected chi connectivity index (χ3v) is 3.36. The number of halogens is 5. The summed E-state index contributed by atoms with van der Waals surface area (Å²) in [5.74, 6) is -0.498. The highest BCUT2D eigenvalue weighted by Crippen LogP contribution is 2.37. The highest BCUT2D eigenvalue weighted by atomic mass is 35.7. The lowest BCUT2D eigenvalue weighted by molar-refractivity contribution is -0.0497. The second-order valence-electron chi connectivity index (χ2n) is 2.53. The number of ether oxygens (including phenoxy) is 1. The summed E-state index contributed by atoms with van der Waals surface area (Å²) in [7, 11) is 0.994. The maximum Gasteiger partial charge on any atom is 0.387 e. The molecule has 0 saturated carbocycles. The molecule has 0 saturated heterocycles. The van der Waals surface area contributed by atoms with Gasteiger partial charge in [0, 0.05) is 10.7 Å². The summed E-state index contributed by atoms with van der Waals surface area (Å²) in [6, 6.07) is 1.74. The molecule has 0 heterocycles. The Hall–Kier alpha value is -0.300. The predicted molar refractivity (Wildman–Crippen MR) is 56.1 cm³/mol. The molecule has 0 radical (unpaired) electrons. The van der Waals surface area contributed by atoms with E-state index in [2.05, 4.69) is 4.74 Å². The van der Waals surface area contributed by atoms with E-state index in [1.165, 1.54) is 0 Å². The lowest BCUT2D eigenvalue weighted by Crippen LogP contribution is -2.03. The van der Waals surface area contributed by atoms with Gasteiger partial charge in [0.2, 0.25) is 0 Å². The van der Waals surface area contributed by atoms with Crippen LogP contribution in [0.5, 0.6) is 5.75 Å². The summed E-state index contributed by atoms with van der Waals surface area (Å²) in [5.41, 5.74) is 0. The Kier molecular flexibility index (Phi) is 4.23. The minimum absolute atomic E-state index is 0.368. The first-order valence-corrected chi connectivity index (χ1v) is 6.67. The average Bonchev–Trinajstić information content (AvgIpc) is 2.09. The van der Waals surface area contributed by atoms with Crippen molar-refractivity contribution in [2.24, 2.45) is 0 Å². The number of alkyl halides is 2. The Balaban J connectivity index is 3.28. The van der Waals surface area contributed by atoms with Gasteiger partial charge in [-0.25, -0.2) is 8.42 Å². The van der Waals surface area contributed by atoms with E-state index in [4.69, 9.17) is 33.9 Å². The van der Waals surface area contributed by atoms with Crippen molar-refractivity contribution in [2.75, 3.05) is 0 Å². The first-order chi connectivity index (χ1) is 7.21. The summed E-state index contributed by atoms with van der Waals surface area (Å²) in [4.78, 5) is -0.397. The van der Waals surface area contributed by atoms with Gasteiger partial charge < -0.3 is 4.74 Å². The molecule has 0 spiro atoms. The molecule has 0 aliphatic heterocycles. The van der Waals surface area contributed by atoms with E-state index >= 15 is 0 Å².